The number of benzene rings is 4. The third-order valence-corrected chi connectivity index (χ3v) is 14.3. The molecule has 2 saturated heterocycles. The van der Waals surface area contributed by atoms with Gasteiger partial charge in [-0.1, -0.05) is 42.8 Å². The van der Waals surface area contributed by atoms with E-state index in [-0.39, 0.29) is 24.8 Å². The first kappa shape index (κ1) is 42.2. The molecule has 1 atom stereocenters. The predicted octanol–water partition coefficient (Wildman–Crippen LogP) is 8.02. The first-order valence-corrected chi connectivity index (χ1v) is 24.4. The number of ether oxygens (including phenoxy) is 2. The van der Waals surface area contributed by atoms with Crippen LogP contribution in [0.15, 0.2) is 79.0 Å². The molecular weight excluding hydrogens is 839 g/mol. The minimum atomic E-state index is -2.57. The van der Waals surface area contributed by atoms with E-state index in [1.807, 2.05) is 36.4 Å². The van der Waals surface area contributed by atoms with Crippen LogP contribution in [0.25, 0.3) is 0 Å². The number of amides is 3. The Labute approximate surface area is 371 Å². The van der Waals surface area contributed by atoms with E-state index in [1.165, 1.54) is 23.0 Å². The van der Waals surface area contributed by atoms with Gasteiger partial charge in [0.2, 0.25) is 17.8 Å². The number of carbonyl (C=O) groups is 3. The van der Waals surface area contributed by atoms with Crippen LogP contribution < -0.4 is 40.5 Å². The van der Waals surface area contributed by atoms with Gasteiger partial charge in [-0.25, -0.2) is 4.98 Å². The smallest absolute Gasteiger partial charge is 0.255 e. The lowest BCUT2D eigenvalue weighted by Crippen LogP contribution is -2.52. The quantitative estimate of drug-likeness (QED) is 0.0820. The summed E-state index contributed by atoms with van der Waals surface area (Å²) >= 11 is 6.54. The highest BCUT2D eigenvalue weighted by molar-refractivity contribution is 7.70. The lowest BCUT2D eigenvalue weighted by molar-refractivity contribution is -0.136. The molecule has 2 fully saturated rings. The Morgan fingerprint density at radius 2 is 1.68 bits per heavy atom. The highest BCUT2D eigenvalue weighted by Crippen LogP contribution is 2.42. The van der Waals surface area contributed by atoms with E-state index in [2.05, 4.69) is 66.9 Å². The number of para-hydroxylation sites is 1. The second-order valence-corrected chi connectivity index (χ2v) is 20.4. The molecule has 3 N–H and O–H groups in total. The second-order valence-electron chi connectivity index (χ2n) is 16.8. The van der Waals surface area contributed by atoms with E-state index >= 15 is 0 Å². The summed E-state index contributed by atoms with van der Waals surface area (Å²) in [7, 11) is -0.914. The number of aryl methyl sites for hydroxylation is 1. The molecule has 1 aromatic heterocycles. The Morgan fingerprint density at radius 3 is 2.44 bits per heavy atom. The number of hydrogen-bond acceptors (Lipinski definition) is 12. The van der Waals surface area contributed by atoms with Gasteiger partial charge in [0.05, 0.1) is 31.2 Å². The number of methoxy groups -OCH3 is 1. The van der Waals surface area contributed by atoms with Gasteiger partial charge in [-0.15, -0.1) is 0 Å². The molecular formula is C47H50ClN8O6P. The fraction of sp³-hybridized carbons (Fsp3) is 0.340. The molecule has 9 rings (SSSR count). The van der Waals surface area contributed by atoms with Crippen LogP contribution in [0.5, 0.6) is 17.2 Å². The molecule has 0 saturated carbocycles. The Kier molecular flexibility index (Phi) is 11.5. The van der Waals surface area contributed by atoms with Crippen molar-refractivity contribution in [3.05, 3.63) is 106 Å². The molecule has 0 spiro atoms. The molecule has 4 aliphatic heterocycles. The van der Waals surface area contributed by atoms with Crippen LogP contribution in [0, 0.1) is 0 Å². The Hall–Kier alpha value is -6.11. The summed E-state index contributed by atoms with van der Waals surface area (Å²) in [6.07, 6.45) is 5.76. The molecule has 0 aliphatic carbocycles. The number of nitrogens with one attached hydrogen (secondary N) is 3. The number of imide groups is 1. The standard InChI is InChI=1S/C47H50ClN8O6P/c1-5-28-23-36(51-47-49-26-34(48)44(53-47)50-35-10-6-7-12-42(35)63(3,4)60)41(61-2)25-38(28)54-20-18-30(19-21-54)55-22-17-29-13-14-31(24-39(29)55)62-40-11-8-9-32-33(40)27-56(46(32)59)37-15-16-43(57)52-45(37)58/h6-14,23-26,30,37H,5,15-22,27H2,1-4H3,(H,52,57,58)(H2,49,50,51,53). The predicted molar refractivity (Wildman–Crippen MR) is 247 cm³/mol. The zero-order valence-corrected chi connectivity index (χ0v) is 37.4. The fourth-order valence-corrected chi connectivity index (χ4v) is 10.6. The molecule has 326 valence electrons. The van der Waals surface area contributed by atoms with E-state index in [0.29, 0.717) is 63.1 Å². The van der Waals surface area contributed by atoms with Gasteiger partial charge in [-0.3, -0.25) is 19.7 Å². The fourth-order valence-electron chi connectivity index (χ4n) is 9.29. The topological polar surface area (TPSA) is 158 Å². The molecule has 5 aromatic rings. The molecule has 16 heteroatoms. The van der Waals surface area contributed by atoms with E-state index in [1.54, 1.807) is 37.5 Å². The highest BCUT2D eigenvalue weighted by Gasteiger charge is 2.40. The summed E-state index contributed by atoms with van der Waals surface area (Å²) in [6.45, 7) is 8.55. The van der Waals surface area contributed by atoms with Crippen LogP contribution >= 0.6 is 18.7 Å². The van der Waals surface area contributed by atoms with Crippen LogP contribution in [0.2, 0.25) is 5.02 Å². The number of anilines is 6. The Bertz CT molecular complexity index is 2680. The number of aromatic nitrogens is 2. The monoisotopic (exact) mass is 888 g/mol. The molecule has 5 heterocycles. The summed E-state index contributed by atoms with van der Waals surface area (Å²) in [5, 5.41) is 10.0. The van der Waals surface area contributed by atoms with Crippen molar-refractivity contribution in [1.29, 1.82) is 0 Å². The maximum Gasteiger partial charge on any atom is 0.255 e. The van der Waals surface area contributed by atoms with Crippen LogP contribution in [-0.4, -0.2) is 84.7 Å². The third-order valence-electron chi connectivity index (χ3n) is 12.5. The van der Waals surface area contributed by atoms with Crippen molar-refractivity contribution in [1.82, 2.24) is 20.2 Å². The summed E-state index contributed by atoms with van der Waals surface area (Å²) in [6, 6.07) is 23.0. The average molecular weight is 889 g/mol. The van der Waals surface area contributed by atoms with Crippen LogP contribution in [0.4, 0.5) is 34.5 Å². The SMILES string of the molecule is CCc1cc(Nc2ncc(Cl)c(Nc3ccccc3P(C)(C)=O)n2)c(OC)cc1N1CCC(N2CCc3ccc(Oc4cccc5c4CN(C4CCC(=O)NC4=O)C5=O)cc32)CC1. The van der Waals surface area contributed by atoms with Crippen molar-refractivity contribution in [2.45, 2.75) is 64.1 Å². The van der Waals surface area contributed by atoms with E-state index < -0.39 is 19.1 Å². The van der Waals surface area contributed by atoms with Crippen LogP contribution in [-0.2, 0) is 33.5 Å². The number of nitrogens with zero attached hydrogens (tertiary/aromatic N) is 5. The van der Waals surface area contributed by atoms with Crippen molar-refractivity contribution in [2.24, 2.45) is 0 Å². The summed E-state index contributed by atoms with van der Waals surface area (Å²) in [5.41, 5.74) is 7.44. The number of rotatable bonds is 12. The molecule has 4 aliphatic rings. The maximum atomic E-state index is 13.4. The number of carbonyl (C=O) groups excluding carboxylic acids is 3. The highest BCUT2D eigenvalue weighted by atomic mass is 35.5. The Morgan fingerprint density at radius 1 is 0.873 bits per heavy atom. The van der Waals surface area contributed by atoms with Crippen molar-refractivity contribution in [3.8, 4) is 17.2 Å². The van der Waals surface area contributed by atoms with Crippen molar-refractivity contribution in [3.63, 3.8) is 0 Å². The normalized spacial score (nSPS) is 17.7. The molecule has 4 aromatic carbocycles. The van der Waals surface area contributed by atoms with E-state index in [0.717, 1.165) is 62.3 Å². The maximum absolute atomic E-state index is 13.4. The summed E-state index contributed by atoms with van der Waals surface area (Å²) in [5.74, 6) is 1.70. The van der Waals surface area contributed by atoms with Gasteiger partial charge >= 0.3 is 0 Å². The van der Waals surface area contributed by atoms with Crippen molar-refractivity contribution < 1.29 is 28.4 Å². The zero-order valence-electron chi connectivity index (χ0n) is 35.7. The minimum Gasteiger partial charge on any atom is -0.494 e. The molecule has 0 bridgehead atoms. The molecule has 0 radical (unpaired) electrons. The average Bonchev–Trinajstić information content (AvgIpc) is 3.85. The number of halogens is 1. The first-order chi connectivity index (χ1) is 30.4. The third kappa shape index (κ3) is 8.41. The minimum absolute atomic E-state index is 0.203. The molecule has 63 heavy (non-hydrogen) atoms. The van der Waals surface area contributed by atoms with Crippen LogP contribution in [0.3, 0.4) is 0 Å². The zero-order chi connectivity index (χ0) is 44.0. The van der Waals surface area contributed by atoms with Gasteiger partial charge in [0.25, 0.3) is 5.91 Å². The lowest BCUT2D eigenvalue weighted by atomic mass is 10.00. The number of fused-ring (bicyclic) bond motifs is 2. The van der Waals surface area contributed by atoms with Gasteiger partial charge < -0.3 is 39.4 Å². The van der Waals surface area contributed by atoms with Gasteiger partial charge in [-0.2, -0.15) is 4.98 Å². The van der Waals surface area contributed by atoms with Gasteiger partial charge in [0, 0.05) is 72.0 Å². The second kappa shape index (κ2) is 17.2. The van der Waals surface area contributed by atoms with Gasteiger partial charge in [-0.05, 0) is 93.0 Å². The number of hydrogen-bond donors (Lipinski definition) is 3. The molecule has 14 nitrogen and oxygen atoms in total. The van der Waals surface area contributed by atoms with Crippen molar-refractivity contribution >= 4 is 76.3 Å². The van der Waals surface area contributed by atoms with Gasteiger partial charge in [0.1, 0.15) is 35.5 Å². The molecule has 1 unspecified atom stereocenters. The number of piperidine rings is 2. The summed E-state index contributed by atoms with van der Waals surface area (Å²) in [4.78, 5) is 53.5. The lowest BCUT2D eigenvalue weighted by Gasteiger charge is -2.40. The summed E-state index contributed by atoms with van der Waals surface area (Å²) < 4.78 is 25.5. The molecule has 3 amide bonds. The van der Waals surface area contributed by atoms with Crippen LogP contribution in [0.1, 0.15) is 59.7 Å². The first-order valence-electron chi connectivity index (χ1n) is 21.4. The van der Waals surface area contributed by atoms with Crippen molar-refractivity contribution in [2.75, 3.05) is 60.5 Å². The van der Waals surface area contributed by atoms with E-state index in [4.69, 9.17) is 21.1 Å². The largest absolute Gasteiger partial charge is 0.494 e. The Balaban J connectivity index is 0.873. The van der Waals surface area contributed by atoms with Gasteiger partial charge in [0.15, 0.2) is 5.82 Å². The van der Waals surface area contributed by atoms with E-state index in [9.17, 15) is 18.9 Å².